The van der Waals surface area contributed by atoms with Crippen LogP contribution in [0.15, 0.2) is 22.3 Å². The van der Waals surface area contributed by atoms with E-state index in [1.54, 1.807) is 33.0 Å². The Morgan fingerprint density at radius 2 is 2.14 bits per heavy atom. The number of fused-ring (bicyclic) bond motifs is 1. The van der Waals surface area contributed by atoms with E-state index in [0.29, 0.717) is 12.0 Å². The highest BCUT2D eigenvalue weighted by atomic mass is 79.9. The van der Waals surface area contributed by atoms with Crippen molar-refractivity contribution in [1.82, 2.24) is 10.3 Å². The van der Waals surface area contributed by atoms with Crippen LogP contribution in [0.5, 0.6) is 0 Å². The van der Waals surface area contributed by atoms with Gasteiger partial charge in [0.15, 0.2) is 0 Å². The SMILES string of the molecule is CC(C)(C)OC(=O)CNC(=O)C1=Cc2c(Br)ccnc2C1. The van der Waals surface area contributed by atoms with Crippen LogP contribution in [-0.2, 0) is 20.7 Å². The van der Waals surface area contributed by atoms with E-state index in [-0.39, 0.29) is 12.5 Å². The molecule has 0 fully saturated rings. The number of nitrogens with one attached hydrogen (secondary N) is 1. The summed E-state index contributed by atoms with van der Waals surface area (Å²) in [5.74, 6) is -0.725. The molecular weight excluding hydrogens is 336 g/mol. The van der Waals surface area contributed by atoms with Crippen molar-refractivity contribution in [3.8, 4) is 0 Å². The van der Waals surface area contributed by atoms with Crippen molar-refractivity contribution < 1.29 is 14.3 Å². The zero-order valence-electron chi connectivity index (χ0n) is 12.2. The third-order valence-electron chi connectivity index (χ3n) is 2.80. The van der Waals surface area contributed by atoms with Gasteiger partial charge in [0.25, 0.3) is 0 Å². The molecule has 0 spiro atoms. The summed E-state index contributed by atoms with van der Waals surface area (Å²) in [6.45, 7) is 5.21. The van der Waals surface area contributed by atoms with Crippen molar-refractivity contribution in [2.75, 3.05) is 6.54 Å². The Morgan fingerprint density at radius 1 is 1.43 bits per heavy atom. The average Bonchev–Trinajstić information content (AvgIpc) is 2.79. The number of amides is 1. The van der Waals surface area contributed by atoms with Crippen LogP contribution in [0.25, 0.3) is 6.08 Å². The van der Waals surface area contributed by atoms with Gasteiger partial charge in [0, 0.05) is 28.2 Å². The van der Waals surface area contributed by atoms with Crippen LogP contribution in [0, 0.1) is 0 Å². The van der Waals surface area contributed by atoms with Crippen molar-refractivity contribution in [3.05, 3.63) is 33.6 Å². The number of nitrogens with zero attached hydrogens (tertiary/aromatic N) is 1. The normalized spacial score (nSPS) is 13.4. The van der Waals surface area contributed by atoms with Gasteiger partial charge in [-0.05, 0) is 32.9 Å². The van der Waals surface area contributed by atoms with Gasteiger partial charge in [-0.15, -0.1) is 0 Å². The lowest BCUT2D eigenvalue weighted by Gasteiger charge is -2.19. The summed E-state index contributed by atoms with van der Waals surface area (Å²) in [6, 6.07) is 1.83. The first-order chi connectivity index (χ1) is 9.76. The summed E-state index contributed by atoms with van der Waals surface area (Å²) in [5.41, 5.74) is 1.80. The molecular formula is C15H17BrN2O3. The molecule has 6 heteroatoms. The maximum atomic E-state index is 12.1. The second-order valence-electron chi connectivity index (χ2n) is 5.77. The second kappa shape index (κ2) is 5.97. The molecule has 0 saturated carbocycles. The quantitative estimate of drug-likeness (QED) is 0.847. The highest BCUT2D eigenvalue weighted by molar-refractivity contribution is 9.10. The molecule has 1 aliphatic rings. The van der Waals surface area contributed by atoms with Gasteiger partial charge < -0.3 is 10.1 Å². The summed E-state index contributed by atoms with van der Waals surface area (Å²) in [6.07, 6.45) is 3.95. The van der Waals surface area contributed by atoms with E-state index in [0.717, 1.165) is 15.7 Å². The van der Waals surface area contributed by atoms with E-state index in [9.17, 15) is 9.59 Å². The Labute approximate surface area is 131 Å². The molecule has 21 heavy (non-hydrogen) atoms. The number of carbonyl (C=O) groups is 2. The lowest BCUT2D eigenvalue weighted by atomic mass is 10.2. The van der Waals surface area contributed by atoms with Crippen molar-refractivity contribution in [2.24, 2.45) is 0 Å². The first-order valence-corrected chi connectivity index (χ1v) is 7.39. The van der Waals surface area contributed by atoms with Crippen LogP contribution in [-0.4, -0.2) is 29.0 Å². The molecule has 0 aromatic carbocycles. The fraction of sp³-hybridized carbons (Fsp3) is 0.400. The van der Waals surface area contributed by atoms with Crippen LogP contribution in [0.1, 0.15) is 32.0 Å². The lowest BCUT2D eigenvalue weighted by molar-refractivity contribution is -0.154. The zero-order valence-corrected chi connectivity index (χ0v) is 13.8. The maximum absolute atomic E-state index is 12.1. The van der Waals surface area contributed by atoms with Crippen molar-refractivity contribution in [2.45, 2.75) is 32.8 Å². The molecule has 2 rings (SSSR count). The number of esters is 1. The molecule has 1 N–H and O–H groups in total. The number of ether oxygens (including phenoxy) is 1. The molecule has 0 unspecified atom stereocenters. The fourth-order valence-electron chi connectivity index (χ4n) is 1.98. The first-order valence-electron chi connectivity index (χ1n) is 6.60. The van der Waals surface area contributed by atoms with Gasteiger partial charge in [-0.2, -0.15) is 0 Å². The number of hydrogen-bond acceptors (Lipinski definition) is 4. The number of pyridine rings is 1. The van der Waals surface area contributed by atoms with E-state index in [4.69, 9.17) is 4.74 Å². The molecule has 0 atom stereocenters. The van der Waals surface area contributed by atoms with Crippen LogP contribution >= 0.6 is 15.9 Å². The Morgan fingerprint density at radius 3 is 2.76 bits per heavy atom. The maximum Gasteiger partial charge on any atom is 0.325 e. The van der Waals surface area contributed by atoms with Crippen molar-refractivity contribution >= 4 is 33.9 Å². The standard InChI is InChI=1S/C15H17BrN2O3/c1-15(2,3)21-13(19)8-18-14(20)9-6-10-11(16)4-5-17-12(10)7-9/h4-6H,7-8H2,1-3H3,(H,18,20). The second-order valence-corrected chi connectivity index (χ2v) is 6.62. The average molecular weight is 353 g/mol. The highest BCUT2D eigenvalue weighted by Gasteiger charge is 2.22. The Balaban J connectivity index is 1.93. The molecule has 1 aromatic heterocycles. The molecule has 1 amide bonds. The van der Waals surface area contributed by atoms with Gasteiger partial charge in [0.1, 0.15) is 12.1 Å². The molecule has 0 radical (unpaired) electrons. The van der Waals surface area contributed by atoms with Gasteiger partial charge in [0.2, 0.25) is 5.91 Å². The largest absolute Gasteiger partial charge is 0.459 e. The van der Waals surface area contributed by atoms with Crippen LogP contribution < -0.4 is 5.32 Å². The van der Waals surface area contributed by atoms with Crippen LogP contribution in [0.4, 0.5) is 0 Å². The third-order valence-corrected chi connectivity index (χ3v) is 3.49. The minimum Gasteiger partial charge on any atom is -0.459 e. The monoisotopic (exact) mass is 352 g/mol. The summed E-state index contributed by atoms with van der Waals surface area (Å²) in [4.78, 5) is 27.9. The zero-order chi connectivity index (χ0) is 15.6. The molecule has 0 bridgehead atoms. The predicted octanol–water partition coefficient (Wildman–Crippen LogP) is 2.24. The van der Waals surface area contributed by atoms with E-state index < -0.39 is 11.6 Å². The Hall–Kier alpha value is -1.69. The van der Waals surface area contributed by atoms with E-state index >= 15 is 0 Å². The summed E-state index contributed by atoms with van der Waals surface area (Å²) in [5, 5.41) is 2.58. The topological polar surface area (TPSA) is 68.3 Å². The lowest BCUT2D eigenvalue weighted by Crippen LogP contribution is -2.35. The van der Waals surface area contributed by atoms with E-state index in [1.165, 1.54) is 0 Å². The van der Waals surface area contributed by atoms with Crippen LogP contribution in [0.2, 0.25) is 0 Å². The minimum absolute atomic E-state index is 0.140. The molecule has 112 valence electrons. The minimum atomic E-state index is -0.556. The van der Waals surface area contributed by atoms with Gasteiger partial charge in [-0.1, -0.05) is 15.9 Å². The molecule has 1 aromatic rings. The first kappa shape index (κ1) is 15.7. The molecule has 0 saturated heterocycles. The highest BCUT2D eigenvalue weighted by Crippen LogP contribution is 2.29. The third kappa shape index (κ3) is 4.14. The van der Waals surface area contributed by atoms with Crippen molar-refractivity contribution in [3.63, 3.8) is 0 Å². The van der Waals surface area contributed by atoms with E-state index in [2.05, 4.69) is 26.2 Å². The van der Waals surface area contributed by atoms with Gasteiger partial charge >= 0.3 is 5.97 Å². The van der Waals surface area contributed by atoms with E-state index in [1.807, 2.05) is 6.07 Å². The smallest absolute Gasteiger partial charge is 0.325 e. The number of halogens is 1. The molecule has 0 aliphatic heterocycles. The summed E-state index contributed by atoms with van der Waals surface area (Å²) >= 11 is 3.43. The van der Waals surface area contributed by atoms with Gasteiger partial charge in [0.05, 0.1) is 5.69 Å². The van der Waals surface area contributed by atoms with Crippen LogP contribution in [0.3, 0.4) is 0 Å². The van der Waals surface area contributed by atoms with Crippen molar-refractivity contribution in [1.29, 1.82) is 0 Å². The molecule has 1 heterocycles. The number of rotatable bonds is 3. The molecule has 1 aliphatic carbocycles. The van der Waals surface area contributed by atoms with Gasteiger partial charge in [-0.3, -0.25) is 14.6 Å². The fourth-order valence-corrected chi connectivity index (χ4v) is 2.44. The summed E-state index contributed by atoms with van der Waals surface area (Å²) in [7, 11) is 0. The number of carbonyl (C=O) groups excluding carboxylic acids is 2. The Kier molecular flexibility index (Phi) is 4.46. The Bertz CT molecular complexity index is 618. The number of hydrogen-bond donors (Lipinski definition) is 1. The van der Waals surface area contributed by atoms with Gasteiger partial charge in [-0.25, -0.2) is 0 Å². The summed E-state index contributed by atoms with van der Waals surface area (Å²) < 4.78 is 6.04. The molecule has 5 nitrogen and oxygen atoms in total. The number of aromatic nitrogens is 1. The predicted molar refractivity (Wildman–Crippen MR) is 82.5 cm³/mol.